The van der Waals surface area contributed by atoms with Crippen LogP contribution in [0.2, 0.25) is 0 Å². The average Bonchev–Trinajstić information content (AvgIpc) is 2.80. The first-order valence-electron chi connectivity index (χ1n) is 10.4. The van der Waals surface area contributed by atoms with E-state index >= 15 is 0 Å². The van der Waals surface area contributed by atoms with Gasteiger partial charge in [0.15, 0.2) is 0 Å². The first kappa shape index (κ1) is 21.7. The van der Waals surface area contributed by atoms with Gasteiger partial charge in [-0.25, -0.2) is 12.8 Å². The van der Waals surface area contributed by atoms with Gasteiger partial charge in [0.05, 0.1) is 23.8 Å². The number of benzene rings is 2. The van der Waals surface area contributed by atoms with Gasteiger partial charge in [-0.05, 0) is 36.8 Å². The van der Waals surface area contributed by atoms with Crippen molar-refractivity contribution in [1.82, 2.24) is 9.21 Å². The molecule has 2 aliphatic heterocycles. The Hall–Kier alpha value is -2.49. The smallest absolute Gasteiger partial charge is 0.254 e. The predicted molar refractivity (Wildman–Crippen MR) is 115 cm³/mol. The summed E-state index contributed by atoms with van der Waals surface area (Å²) in [6, 6.07) is 11.3. The van der Waals surface area contributed by atoms with Crippen LogP contribution in [0.1, 0.15) is 15.9 Å². The number of sulfonamides is 1. The van der Waals surface area contributed by atoms with E-state index in [0.29, 0.717) is 63.7 Å². The van der Waals surface area contributed by atoms with Gasteiger partial charge >= 0.3 is 0 Å². The van der Waals surface area contributed by atoms with Crippen LogP contribution in [0, 0.1) is 12.7 Å². The molecule has 0 aromatic heterocycles. The number of nitrogens with zero attached hydrogens (tertiary/aromatic N) is 3. The van der Waals surface area contributed by atoms with Crippen molar-refractivity contribution in [1.29, 1.82) is 0 Å². The van der Waals surface area contributed by atoms with Gasteiger partial charge < -0.3 is 14.5 Å². The third-order valence-corrected chi connectivity index (χ3v) is 7.70. The highest BCUT2D eigenvalue weighted by atomic mass is 32.2. The molecule has 2 saturated heterocycles. The lowest BCUT2D eigenvalue weighted by Crippen LogP contribution is -2.49. The van der Waals surface area contributed by atoms with Gasteiger partial charge in [0.1, 0.15) is 5.82 Å². The van der Waals surface area contributed by atoms with E-state index in [1.165, 1.54) is 16.4 Å². The van der Waals surface area contributed by atoms with Crippen molar-refractivity contribution in [2.45, 2.75) is 11.8 Å². The molecule has 31 heavy (non-hydrogen) atoms. The van der Waals surface area contributed by atoms with Gasteiger partial charge in [-0.1, -0.05) is 18.2 Å². The second-order valence-electron chi connectivity index (χ2n) is 7.72. The highest BCUT2D eigenvalue weighted by Crippen LogP contribution is 2.24. The van der Waals surface area contributed by atoms with Crippen LogP contribution in [0.5, 0.6) is 0 Å². The molecule has 4 rings (SSSR count). The number of piperazine rings is 1. The van der Waals surface area contributed by atoms with E-state index in [4.69, 9.17) is 4.74 Å². The Morgan fingerprint density at radius 3 is 2.32 bits per heavy atom. The SMILES string of the molecule is Cc1ccc(S(=O)(=O)N2CCOCC2)cc1C(=O)N1CCN(c2ccccc2F)CC1. The highest BCUT2D eigenvalue weighted by molar-refractivity contribution is 7.89. The van der Waals surface area contributed by atoms with Gasteiger partial charge in [0, 0.05) is 44.8 Å². The Labute approximate surface area is 182 Å². The average molecular weight is 448 g/mol. The number of rotatable bonds is 4. The minimum Gasteiger partial charge on any atom is -0.379 e. The Kier molecular flexibility index (Phi) is 6.27. The van der Waals surface area contributed by atoms with Crippen molar-refractivity contribution in [3.8, 4) is 0 Å². The predicted octanol–water partition coefficient (Wildman–Crippen LogP) is 2.12. The number of anilines is 1. The third-order valence-electron chi connectivity index (χ3n) is 5.81. The van der Waals surface area contributed by atoms with Crippen molar-refractivity contribution in [2.24, 2.45) is 0 Å². The first-order valence-corrected chi connectivity index (χ1v) is 11.8. The van der Waals surface area contributed by atoms with E-state index in [-0.39, 0.29) is 16.6 Å². The lowest BCUT2D eigenvalue weighted by atomic mass is 10.1. The van der Waals surface area contributed by atoms with Crippen LogP contribution in [0.25, 0.3) is 0 Å². The standard InChI is InChI=1S/C22H26FN3O4S/c1-17-6-7-18(31(28,29)26-12-14-30-15-13-26)16-19(17)22(27)25-10-8-24(9-11-25)21-5-3-2-4-20(21)23/h2-7,16H,8-15H2,1H3. The maximum absolute atomic E-state index is 14.1. The zero-order valence-corrected chi connectivity index (χ0v) is 18.3. The molecule has 2 heterocycles. The topological polar surface area (TPSA) is 70.2 Å². The molecule has 2 aliphatic rings. The monoisotopic (exact) mass is 447 g/mol. The number of para-hydroxylation sites is 1. The second-order valence-corrected chi connectivity index (χ2v) is 9.66. The fourth-order valence-electron chi connectivity index (χ4n) is 3.96. The van der Waals surface area contributed by atoms with Crippen molar-refractivity contribution >= 4 is 21.6 Å². The maximum Gasteiger partial charge on any atom is 0.254 e. The summed E-state index contributed by atoms with van der Waals surface area (Å²) >= 11 is 0. The van der Waals surface area contributed by atoms with Crippen LogP contribution in [0.3, 0.4) is 0 Å². The van der Waals surface area contributed by atoms with Gasteiger partial charge in [-0.3, -0.25) is 4.79 Å². The van der Waals surface area contributed by atoms with Crippen molar-refractivity contribution in [2.75, 3.05) is 57.4 Å². The Morgan fingerprint density at radius 1 is 0.968 bits per heavy atom. The van der Waals surface area contributed by atoms with Gasteiger partial charge in [0.25, 0.3) is 5.91 Å². The fourth-order valence-corrected chi connectivity index (χ4v) is 5.39. The summed E-state index contributed by atoms with van der Waals surface area (Å²) in [4.78, 5) is 16.9. The molecule has 2 aromatic rings. The summed E-state index contributed by atoms with van der Waals surface area (Å²) in [5.74, 6) is -0.483. The molecule has 0 unspecified atom stereocenters. The zero-order valence-electron chi connectivity index (χ0n) is 17.5. The zero-order chi connectivity index (χ0) is 22.0. The quantitative estimate of drug-likeness (QED) is 0.718. The highest BCUT2D eigenvalue weighted by Gasteiger charge is 2.29. The van der Waals surface area contributed by atoms with Crippen molar-refractivity contribution in [3.63, 3.8) is 0 Å². The number of carbonyl (C=O) groups is 1. The molecule has 1 amide bonds. The number of halogens is 1. The molecule has 0 atom stereocenters. The van der Waals surface area contributed by atoms with Gasteiger partial charge in [0.2, 0.25) is 10.0 Å². The molecule has 0 aliphatic carbocycles. The summed E-state index contributed by atoms with van der Waals surface area (Å²) in [6.07, 6.45) is 0. The summed E-state index contributed by atoms with van der Waals surface area (Å²) in [7, 11) is -3.68. The normalized spacial score (nSPS) is 18.3. The Bertz CT molecular complexity index is 1060. The molecule has 7 nitrogen and oxygen atoms in total. The van der Waals surface area contributed by atoms with Crippen LogP contribution in [-0.2, 0) is 14.8 Å². The van der Waals surface area contributed by atoms with E-state index in [0.717, 1.165) is 5.56 Å². The van der Waals surface area contributed by atoms with E-state index < -0.39 is 10.0 Å². The number of hydrogen-bond acceptors (Lipinski definition) is 5. The summed E-state index contributed by atoms with van der Waals surface area (Å²) < 4.78 is 46.7. The van der Waals surface area contributed by atoms with E-state index in [1.807, 2.05) is 4.90 Å². The Morgan fingerprint density at radius 2 is 1.65 bits per heavy atom. The molecule has 2 aromatic carbocycles. The molecule has 2 fully saturated rings. The number of hydrogen-bond donors (Lipinski definition) is 0. The van der Waals surface area contributed by atoms with Crippen LogP contribution in [-0.4, -0.2) is 76.0 Å². The van der Waals surface area contributed by atoms with Crippen molar-refractivity contribution < 1.29 is 22.3 Å². The number of ether oxygens (including phenoxy) is 1. The van der Waals surface area contributed by atoms with E-state index in [9.17, 15) is 17.6 Å². The van der Waals surface area contributed by atoms with E-state index in [1.54, 1.807) is 42.2 Å². The lowest BCUT2D eigenvalue weighted by Gasteiger charge is -2.36. The Balaban J connectivity index is 1.50. The minimum absolute atomic E-state index is 0.119. The molecule has 166 valence electrons. The number of aryl methyl sites for hydroxylation is 1. The second kappa shape index (κ2) is 8.94. The van der Waals surface area contributed by atoms with Gasteiger partial charge in [-0.15, -0.1) is 0 Å². The molecule has 0 saturated carbocycles. The first-order chi connectivity index (χ1) is 14.9. The molecule has 0 N–H and O–H groups in total. The maximum atomic E-state index is 14.1. The van der Waals surface area contributed by atoms with Crippen LogP contribution in [0.15, 0.2) is 47.4 Å². The number of carbonyl (C=O) groups excluding carboxylic acids is 1. The van der Waals surface area contributed by atoms with Crippen LogP contribution < -0.4 is 4.90 Å². The van der Waals surface area contributed by atoms with Crippen LogP contribution in [0.4, 0.5) is 10.1 Å². The third kappa shape index (κ3) is 4.44. The molecule has 9 heteroatoms. The molecular formula is C22H26FN3O4S. The van der Waals surface area contributed by atoms with E-state index in [2.05, 4.69) is 0 Å². The van der Waals surface area contributed by atoms with Gasteiger partial charge in [-0.2, -0.15) is 4.31 Å². The number of morpholine rings is 1. The molecular weight excluding hydrogens is 421 g/mol. The molecule has 0 bridgehead atoms. The molecule has 0 radical (unpaired) electrons. The largest absolute Gasteiger partial charge is 0.379 e. The minimum atomic E-state index is -3.68. The number of amides is 1. The lowest BCUT2D eigenvalue weighted by molar-refractivity contribution is 0.0729. The van der Waals surface area contributed by atoms with Crippen LogP contribution >= 0.6 is 0 Å². The summed E-state index contributed by atoms with van der Waals surface area (Å²) in [5, 5.41) is 0. The summed E-state index contributed by atoms with van der Waals surface area (Å²) in [5.41, 5.74) is 1.64. The fraction of sp³-hybridized carbons (Fsp3) is 0.409. The van der Waals surface area contributed by atoms with Crippen molar-refractivity contribution in [3.05, 3.63) is 59.4 Å². The summed E-state index contributed by atoms with van der Waals surface area (Å²) in [6.45, 7) is 5.03. The molecule has 0 spiro atoms.